The predicted octanol–water partition coefficient (Wildman–Crippen LogP) is 2.93. The highest BCUT2D eigenvalue weighted by atomic mass is 19.3. The fourth-order valence-corrected chi connectivity index (χ4v) is 1.81. The Bertz CT molecular complexity index is 557. The molecule has 114 valence electrons. The van der Waals surface area contributed by atoms with E-state index >= 15 is 0 Å². The number of likely N-dealkylation sites (N-methyl/N-ethyl adjacent to an activating group) is 1. The summed E-state index contributed by atoms with van der Waals surface area (Å²) < 4.78 is 44.3. The van der Waals surface area contributed by atoms with Gasteiger partial charge in [0.1, 0.15) is 24.0 Å². The Balaban J connectivity index is 1.78. The molecular formula is C14H16F3N3O. The highest BCUT2D eigenvalue weighted by molar-refractivity contribution is 5.21. The van der Waals surface area contributed by atoms with Crippen LogP contribution >= 0.6 is 0 Å². The Hall–Kier alpha value is -2.02. The Labute approximate surface area is 120 Å². The van der Waals surface area contributed by atoms with Gasteiger partial charge in [-0.25, -0.2) is 9.37 Å². The van der Waals surface area contributed by atoms with Gasteiger partial charge in [0.05, 0.1) is 6.54 Å². The van der Waals surface area contributed by atoms with Gasteiger partial charge in [-0.05, 0) is 31.3 Å². The molecule has 0 radical (unpaired) electrons. The summed E-state index contributed by atoms with van der Waals surface area (Å²) in [5, 5.41) is 0. The molecule has 1 aromatic heterocycles. The summed E-state index contributed by atoms with van der Waals surface area (Å²) in [6.45, 7) is -1.39. The zero-order valence-electron chi connectivity index (χ0n) is 11.5. The number of aromatic nitrogens is 2. The molecule has 0 bridgehead atoms. The molecule has 1 aromatic carbocycles. The van der Waals surface area contributed by atoms with Crippen LogP contribution in [0.2, 0.25) is 0 Å². The first-order chi connectivity index (χ1) is 10.1. The van der Waals surface area contributed by atoms with E-state index in [0.29, 0.717) is 31.3 Å². The first-order valence-electron chi connectivity index (χ1n) is 6.43. The van der Waals surface area contributed by atoms with Crippen LogP contribution in [0, 0.1) is 5.82 Å². The Morgan fingerprint density at radius 3 is 2.67 bits per heavy atom. The maximum absolute atomic E-state index is 12.7. The topological polar surface area (TPSA) is 30.3 Å². The summed E-state index contributed by atoms with van der Waals surface area (Å²) in [6, 6.07) is 5.72. The van der Waals surface area contributed by atoms with E-state index in [9.17, 15) is 13.2 Å². The summed E-state index contributed by atoms with van der Waals surface area (Å²) in [4.78, 5) is 5.74. The first-order valence-corrected chi connectivity index (χ1v) is 6.43. The van der Waals surface area contributed by atoms with Gasteiger partial charge in [0.2, 0.25) is 0 Å². The van der Waals surface area contributed by atoms with Gasteiger partial charge in [-0.2, -0.15) is 8.78 Å². The standard InChI is InChI=1S/C14H16F3N3O/c1-19(10-13-18-6-7-20(13)14(16)17)8-9-21-12-4-2-11(15)3-5-12/h2-7,14H,8-10H2,1H3. The summed E-state index contributed by atoms with van der Waals surface area (Å²) in [5.74, 6) is 0.548. The molecular weight excluding hydrogens is 283 g/mol. The molecule has 21 heavy (non-hydrogen) atoms. The number of halogens is 3. The normalized spacial score (nSPS) is 11.3. The third-order valence-electron chi connectivity index (χ3n) is 2.93. The van der Waals surface area contributed by atoms with Gasteiger partial charge in [0, 0.05) is 18.9 Å². The first kappa shape index (κ1) is 15.4. The van der Waals surface area contributed by atoms with Gasteiger partial charge >= 0.3 is 6.55 Å². The lowest BCUT2D eigenvalue weighted by Gasteiger charge is -2.17. The number of benzene rings is 1. The molecule has 0 saturated heterocycles. The molecule has 0 unspecified atom stereocenters. The number of ether oxygens (including phenoxy) is 1. The quantitative estimate of drug-likeness (QED) is 0.787. The summed E-state index contributed by atoms with van der Waals surface area (Å²) in [5.41, 5.74) is 0. The van der Waals surface area contributed by atoms with Crippen LogP contribution in [0.3, 0.4) is 0 Å². The second-order valence-corrected chi connectivity index (χ2v) is 4.57. The van der Waals surface area contributed by atoms with Crippen LogP contribution < -0.4 is 4.74 Å². The number of hydrogen-bond acceptors (Lipinski definition) is 3. The fraction of sp³-hybridized carbons (Fsp3) is 0.357. The van der Waals surface area contributed by atoms with Gasteiger partial charge in [0.25, 0.3) is 0 Å². The Morgan fingerprint density at radius 2 is 2.00 bits per heavy atom. The molecule has 0 N–H and O–H groups in total. The zero-order valence-corrected chi connectivity index (χ0v) is 11.5. The van der Waals surface area contributed by atoms with Crippen LogP contribution in [0.5, 0.6) is 5.75 Å². The average Bonchev–Trinajstić information content (AvgIpc) is 2.89. The van der Waals surface area contributed by atoms with Crippen molar-refractivity contribution in [1.29, 1.82) is 0 Å². The molecule has 0 aliphatic heterocycles. The van der Waals surface area contributed by atoms with Gasteiger partial charge < -0.3 is 4.74 Å². The summed E-state index contributed by atoms with van der Waals surface area (Å²) >= 11 is 0. The second-order valence-electron chi connectivity index (χ2n) is 4.57. The van der Waals surface area contributed by atoms with Crippen molar-refractivity contribution < 1.29 is 17.9 Å². The lowest BCUT2D eigenvalue weighted by Crippen LogP contribution is -2.25. The van der Waals surface area contributed by atoms with Crippen LogP contribution in [0.15, 0.2) is 36.7 Å². The second kappa shape index (κ2) is 7.12. The van der Waals surface area contributed by atoms with Crippen LogP contribution in [0.1, 0.15) is 12.4 Å². The Kier molecular flexibility index (Phi) is 5.21. The largest absolute Gasteiger partial charge is 0.492 e. The molecule has 0 atom stereocenters. The van der Waals surface area contributed by atoms with Crippen molar-refractivity contribution in [1.82, 2.24) is 14.5 Å². The van der Waals surface area contributed by atoms with E-state index in [1.807, 2.05) is 4.90 Å². The van der Waals surface area contributed by atoms with Crippen molar-refractivity contribution in [3.8, 4) is 5.75 Å². The van der Waals surface area contributed by atoms with Crippen molar-refractivity contribution in [3.63, 3.8) is 0 Å². The van der Waals surface area contributed by atoms with Gasteiger partial charge in [-0.1, -0.05) is 0 Å². The molecule has 0 spiro atoms. The van der Waals surface area contributed by atoms with E-state index in [2.05, 4.69) is 4.98 Å². The minimum atomic E-state index is -2.59. The maximum Gasteiger partial charge on any atom is 0.319 e. The third kappa shape index (κ3) is 4.49. The minimum Gasteiger partial charge on any atom is -0.492 e. The van der Waals surface area contributed by atoms with E-state index in [-0.39, 0.29) is 5.82 Å². The van der Waals surface area contributed by atoms with Crippen LogP contribution in [0.25, 0.3) is 0 Å². The molecule has 1 heterocycles. The number of nitrogens with zero attached hydrogens (tertiary/aromatic N) is 3. The highest BCUT2D eigenvalue weighted by Crippen LogP contribution is 2.14. The van der Waals surface area contributed by atoms with Crippen LogP contribution in [-0.4, -0.2) is 34.7 Å². The SMILES string of the molecule is CN(CCOc1ccc(F)cc1)Cc1nccn1C(F)F. The van der Waals surface area contributed by atoms with Crippen LogP contribution in [-0.2, 0) is 6.54 Å². The van der Waals surface area contributed by atoms with Crippen molar-refractivity contribution in [3.05, 3.63) is 48.3 Å². The molecule has 0 fully saturated rings. The number of imidazole rings is 1. The molecule has 0 saturated carbocycles. The zero-order chi connectivity index (χ0) is 15.2. The summed E-state index contributed by atoms with van der Waals surface area (Å²) in [6.07, 6.45) is 2.60. The van der Waals surface area contributed by atoms with Crippen LogP contribution in [0.4, 0.5) is 13.2 Å². The Morgan fingerprint density at radius 1 is 1.29 bits per heavy atom. The fourth-order valence-electron chi connectivity index (χ4n) is 1.81. The minimum absolute atomic E-state index is 0.296. The molecule has 4 nitrogen and oxygen atoms in total. The van der Waals surface area contributed by atoms with Gasteiger partial charge in [0.15, 0.2) is 0 Å². The number of alkyl halides is 2. The monoisotopic (exact) mass is 299 g/mol. The van der Waals surface area contributed by atoms with E-state index in [0.717, 1.165) is 4.57 Å². The van der Waals surface area contributed by atoms with E-state index in [4.69, 9.17) is 4.74 Å². The van der Waals surface area contributed by atoms with Gasteiger partial charge in [-0.15, -0.1) is 0 Å². The van der Waals surface area contributed by atoms with Crippen molar-refractivity contribution in [2.45, 2.75) is 13.1 Å². The van der Waals surface area contributed by atoms with Gasteiger partial charge in [-0.3, -0.25) is 9.47 Å². The lowest BCUT2D eigenvalue weighted by atomic mass is 10.3. The molecule has 0 aliphatic carbocycles. The third-order valence-corrected chi connectivity index (χ3v) is 2.93. The number of hydrogen-bond donors (Lipinski definition) is 0. The molecule has 0 amide bonds. The van der Waals surface area contributed by atoms with E-state index in [1.165, 1.54) is 24.5 Å². The number of rotatable bonds is 7. The van der Waals surface area contributed by atoms with Crippen molar-refractivity contribution in [2.75, 3.05) is 20.2 Å². The van der Waals surface area contributed by atoms with Crippen molar-refractivity contribution >= 4 is 0 Å². The highest BCUT2D eigenvalue weighted by Gasteiger charge is 2.12. The van der Waals surface area contributed by atoms with E-state index in [1.54, 1.807) is 19.2 Å². The smallest absolute Gasteiger partial charge is 0.319 e. The average molecular weight is 299 g/mol. The lowest BCUT2D eigenvalue weighted by molar-refractivity contribution is 0.0643. The molecule has 2 rings (SSSR count). The predicted molar refractivity (Wildman–Crippen MR) is 71.7 cm³/mol. The molecule has 7 heteroatoms. The van der Waals surface area contributed by atoms with E-state index < -0.39 is 6.55 Å². The maximum atomic E-state index is 12.7. The molecule has 2 aromatic rings. The summed E-state index contributed by atoms with van der Waals surface area (Å²) in [7, 11) is 1.79. The van der Waals surface area contributed by atoms with Crippen molar-refractivity contribution in [2.24, 2.45) is 0 Å². The molecule has 0 aliphatic rings.